The van der Waals surface area contributed by atoms with Gasteiger partial charge in [0.25, 0.3) is 0 Å². The van der Waals surface area contributed by atoms with Crippen LogP contribution in [0.5, 0.6) is 0 Å². The smallest absolute Gasteiger partial charge is 0.203 e. The monoisotopic (exact) mass is 255 g/mol. The highest BCUT2D eigenvalue weighted by Crippen LogP contribution is 2.24. The van der Waals surface area contributed by atoms with Crippen LogP contribution in [0.4, 0.5) is 19.1 Å². The van der Waals surface area contributed by atoms with Gasteiger partial charge in [0.05, 0.1) is 5.52 Å². The SMILES string of the molecule is Fc1cc(F)c2nc(N3CCC(F)CC3)[nH]c2c1. The number of fused-ring (bicyclic) bond motifs is 1. The van der Waals surface area contributed by atoms with Gasteiger partial charge in [0.2, 0.25) is 5.95 Å². The molecule has 3 nitrogen and oxygen atoms in total. The van der Waals surface area contributed by atoms with E-state index in [0.717, 1.165) is 6.07 Å². The molecule has 1 N–H and O–H groups in total. The van der Waals surface area contributed by atoms with E-state index in [1.54, 1.807) is 0 Å². The number of benzene rings is 1. The van der Waals surface area contributed by atoms with E-state index in [-0.39, 0.29) is 5.52 Å². The molecule has 1 aliphatic rings. The van der Waals surface area contributed by atoms with Crippen LogP contribution in [0.3, 0.4) is 0 Å². The van der Waals surface area contributed by atoms with Crippen molar-refractivity contribution in [2.24, 2.45) is 0 Å². The Balaban J connectivity index is 1.96. The lowest BCUT2D eigenvalue weighted by atomic mass is 10.1. The van der Waals surface area contributed by atoms with Crippen LogP contribution >= 0.6 is 0 Å². The van der Waals surface area contributed by atoms with Crippen LogP contribution < -0.4 is 4.90 Å². The van der Waals surface area contributed by atoms with E-state index < -0.39 is 17.8 Å². The zero-order valence-electron chi connectivity index (χ0n) is 9.59. The number of H-pyrrole nitrogens is 1. The highest BCUT2D eigenvalue weighted by molar-refractivity contribution is 5.78. The van der Waals surface area contributed by atoms with Crippen LogP contribution in [0.15, 0.2) is 12.1 Å². The third-order valence-electron chi connectivity index (χ3n) is 3.22. The Morgan fingerprint density at radius 1 is 1.22 bits per heavy atom. The Hall–Kier alpha value is -1.72. The number of hydrogen-bond acceptors (Lipinski definition) is 2. The van der Waals surface area contributed by atoms with Crippen molar-refractivity contribution in [3.63, 3.8) is 0 Å². The summed E-state index contributed by atoms with van der Waals surface area (Å²) in [5.41, 5.74) is 0.443. The first-order valence-corrected chi connectivity index (χ1v) is 5.87. The molecule has 0 atom stereocenters. The van der Waals surface area contributed by atoms with Gasteiger partial charge < -0.3 is 9.88 Å². The van der Waals surface area contributed by atoms with Crippen molar-refractivity contribution >= 4 is 17.0 Å². The van der Waals surface area contributed by atoms with E-state index in [1.165, 1.54) is 6.07 Å². The Morgan fingerprint density at radius 2 is 1.94 bits per heavy atom. The Kier molecular flexibility index (Phi) is 2.65. The van der Waals surface area contributed by atoms with E-state index in [4.69, 9.17) is 0 Å². The van der Waals surface area contributed by atoms with Gasteiger partial charge in [0.1, 0.15) is 17.5 Å². The van der Waals surface area contributed by atoms with Gasteiger partial charge in [-0.25, -0.2) is 18.2 Å². The quantitative estimate of drug-likeness (QED) is 0.849. The zero-order valence-corrected chi connectivity index (χ0v) is 9.59. The average Bonchev–Trinajstić information content (AvgIpc) is 2.74. The highest BCUT2D eigenvalue weighted by atomic mass is 19.1. The molecule has 2 aromatic rings. The van der Waals surface area contributed by atoms with Gasteiger partial charge in [0.15, 0.2) is 5.82 Å². The van der Waals surface area contributed by atoms with Crippen LogP contribution in [0.2, 0.25) is 0 Å². The second-order valence-corrected chi connectivity index (χ2v) is 4.51. The zero-order chi connectivity index (χ0) is 12.7. The van der Waals surface area contributed by atoms with Crippen LogP contribution in [0.1, 0.15) is 12.8 Å². The summed E-state index contributed by atoms with van der Waals surface area (Å²) < 4.78 is 39.6. The minimum Gasteiger partial charge on any atom is -0.342 e. The lowest BCUT2D eigenvalue weighted by molar-refractivity contribution is 0.276. The number of piperidine rings is 1. The molecule has 0 amide bonds. The lowest BCUT2D eigenvalue weighted by Gasteiger charge is -2.28. The van der Waals surface area contributed by atoms with Gasteiger partial charge in [-0.1, -0.05) is 0 Å². The molecule has 0 spiro atoms. The standard InChI is InChI=1S/C12H12F3N3/c13-7-1-3-18(4-2-7)12-16-10-6-8(14)5-9(15)11(10)17-12/h5-7H,1-4H2,(H,16,17). The first-order valence-electron chi connectivity index (χ1n) is 5.87. The molecule has 2 heterocycles. The summed E-state index contributed by atoms with van der Waals surface area (Å²) >= 11 is 0. The number of imidazole rings is 1. The van der Waals surface area contributed by atoms with Crippen molar-refractivity contribution in [2.45, 2.75) is 19.0 Å². The summed E-state index contributed by atoms with van der Waals surface area (Å²) in [5, 5.41) is 0. The molecule has 0 radical (unpaired) electrons. The molecule has 1 saturated heterocycles. The van der Waals surface area contributed by atoms with E-state index in [1.807, 2.05) is 4.90 Å². The predicted molar refractivity (Wildman–Crippen MR) is 62.4 cm³/mol. The number of hydrogen-bond donors (Lipinski definition) is 1. The van der Waals surface area contributed by atoms with Crippen molar-refractivity contribution in [1.82, 2.24) is 9.97 Å². The molecule has 1 aromatic heterocycles. The van der Waals surface area contributed by atoms with Crippen LogP contribution in [0.25, 0.3) is 11.0 Å². The maximum atomic E-state index is 13.5. The molecule has 0 unspecified atom stereocenters. The largest absolute Gasteiger partial charge is 0.342 e. The molecule has 0 aliphatic carbocycles. The van der Waals surface area contributed by atoms with Gasteiger partial charge in [-0.3, -0.25) is 0 Å². The van der Waals surface area contributed by atoms with Crippen LogP contribution in [-0.4, -0.2) is 29.2 Å². The summed E-state index contributed by atoms with van der Waals surface area (Å²) in [6.45, 7) is 1.07. The van der Waals surface area contributed by atoms with Gasteiger partial charge in [-0.05, 0) is 18.9 Å². The van der Waals surface area contributed by atoms with Crippen molar-refractivity contribution < 1.29 is 13.2 Å². The first-order chi connectivity index (χ1) is 8.63. The number of nitrogens with zero attached hydrogens (tertiary/aromatic N) is 2. The summed E-state index contributed by atoms with van der Waals surface area (Å²) in [4.78, 5) is 8.84. The van der Waals surface area contributed by atoms with Crippen molar-refractivity contribution in [3.05, 3.63) is 23.8 Å². The number of aromatic nitrogens is 2. The number of nitrogens with one attached hydrogen (secondary N) is 1. The molecule has 6 heteroatoms. The van der Waals surface area contributed by atoms with E-state index in [9.17, 15) is 13.2 Å². The molecule has 96 valence electrons. The Bertz CT molecular complexity index is 573. The second-order valence-electron chi connectivity index (χ2n) is 4.51. The van der Waals surface area contributed by atoms with Crippen molar-refractivity contribution in [1.29, 1.82) is 0 Å². The highest BCUT2D eigenvalue weighted by Gasteiger charge is 2.21. The molecule has 0 bridgehead atoms. The number of anilines is 1. The summed E-state index contributed by atoms with van der Waals surface area (Å²) in [7, 11) is 0. The molecule has 3 rings (SSSR count). The number of halogens is 3. The molecule has 0 saturated carbocycles. The van der Waals surface area contributed by atoms with E-state index in [0.29, 0.717) is 37.4 Å². The van der Waals surface area contributed by atoms with Crippen molar-refractivity contribution in [2.75, 3.05) is 18.0 Å². The molecule has 1 aromatic carbocycles. The Labute approximate surface area is 102 Å². The third kappa shape index (κ3) is 1.91. The average molecular weight is 255 g/mol. The van der Waals surface area contributed by atoms with Gasteiger partial charge in [-0.2, -0.15) is 0 Å². The summed E-state index contributed by atoms with van der Waals surface area (Å²) in [6, 6.07) is 2.01. The fourth-order valence-electron chi connectivity index (χ4n) is 2.24. The molecule has 18 heavy (non-hydrogen) atoms. The van der Waals surface area contributed by atoms with E-state index in [2.05, 4.69) is 9.97 Å². The van der Waals surface area contributed by atoms with Crippen molar-refractivity contribution in [3.8, 4) is 0 Å². The fraction of sp³-hybridized carbons (Fsp3) is 0.417. The second kappa shape index (κ2) is 4.19. The van der Waals surface area contributed by atoms with Gasteiger partial charge in [0, 0.05) is 19.2 Å². The van der Waals surface area contributed by atoms with Crippen LogP contribution in [-0.2, 0) is 0 Å². The molecule has 1 aliphatic heterocycles. The molecular weight excluding hydrogens is 243 g/mol. The predicted octanol–water partition coefficient (Wildman–Crippen LogP) is 2.78. The van der Waals surface area contributed by atoms with Crippen LogP contribution in [0, 0.1) is 11.6 Å². The van der Waals surface area contributed by atoms with Gasteiger partial charge >= 0.3 is 0 Å². The minimum absolute atomic E-state index is 0.119. The molecule has 1 fully saturated rings. The lowest BCUT2D eigenvalue weighted by Crippen LogP contribution is -2.34. The topological polar surface area (TPSA) is 31.9 Å². The van der Waals surface area contributed by atoms with Gasteiger partial charge in [-0.15, -0.1) is 0 Å². The Morgan fingerprint density at radius 3 is 2.67 bits per heavy atom. The third-order valence-corrected chi connectivity index (χ3v) is 3.22. The number of aromatic amines is 1. The maximum Gasteiger partial charge on any atom is 0.203 e. The molecular formula is C12H12F3N3. The number of rotatable bonds is 1. The number of alkyl halides is 1. The summed E-state index contributed by atoms with van der Waals surface area (Å²) in [6.07, 6.45) is 0.0988. The minimum atomic E-state index is -0.778. The first kappa shape index (κ1) is 11.4. The normalized spacial score (nSPS) is 17.6. The van der Waals surface area contributed by atoms with E-state index >= 15 is 0 Å². The summed E-state index contributed by atoms with van der Waals surface area (Å²) in [5.74, 6) is -0.855. The fourth-order valence-corrected chi connectivity index (χ4v) is 2.24. The maximum absolute atomic E-state index is 13.5.